The van der Waals surface area contributed by atoms with E-state index >= 15 is 0 Å². The molecule has 0 heterocycles. The SMILES string of the molecule is Cc1cccc(C)c1NC(=O)COc1ccccc1Br. The number of rotatable bonds is 4. The van der Waals surface area contributed by atoms with Crippen LogP contribution in [-0.2, 0) is 4.79 Å². The van der Waals surface area contributed by atoms with Gasteiger partial charge in [0.15, 0.2) is 6.61 Å². The lowest BCUT2D eigenvalue weighted by atomic mass is 10.1. The molecule has 2 rings (SSSR count). The summed E-state index contributed by atoms with van der Waals surface area (Å²) in [5, 5.41) is 2.89. The maximum absolute atomic E-state index is 12.0. The minimum absolute atomic E-state index is 0.0175. The lowest BCUT2D eigenvalue weighted by Gasteiger charge is -2.12. The molecule has 3 nitrogen and oxygen atoms in total. The molecule has 0 saturated carbocycles. The first kappa shape index (κ1) is 14.6. The van der Waals surface area contributed by atoms with E-state index in [0.29, 0.717) is 5.75 Å². The molecule has 0 bridgehead atoms. The Kier molecular flexibility index (Phi) is 4.79. The van der Waals surface area contributed by atoms with E-state index < -0.39 is 0 Å². The summed E-state index contributed by atoms with van der Waals surface area (Å²) in [6, 6.07) is 13.4. The van der Waals surface area contributed by atoms with Crippen molar-refractivity contribution in [1.82, 2.24) is 0 Å². The van der Waals surface area contributed by atoms with Gasteiger partial charge in [0, 0.05) is 5.69 Å². The predicted octanol–water partition coefficient (Wildman–Crippen LogP) is 4.08. The lowest BCUT2D eigenvalue weighted by Crippen LogP contribution is -2.21. The molecule has 2 aromatic carbocycles. The molecular weight excluding hydrogens is 318 g/mol. The van der Waals surface area contributed by atoms with E-state index in [1.165, 1.54) is 0 Å². The van der Waals surface area contributed by atoms with Gasteiger partial charge in [0.2, 0.25) is 0 Å². The van der Waals surface area contributed by atoms with Crippen LogP contribution < -0.4 is 10.1 Å². The van der Waals surface area contributed by atoms with Crippen molar-refractivity contribution in [2.24, 2.45) is 0 Å². The van der Waals surface area contributed by atoms with Gasteiger partial charge in [-0.3, -0.25) is 4.79 Å². The molecule has 2 aromatic rings. The highest BCUT2D eigenvalue weighted by Crippen LogP contribution is 2.24. The Hall–Kier alpha value is -1.81. The molecule has 0 spiro atoms. The Bertz CT molecular complexity index is 605. The number of ether oxygens (including phenoxy) is 1. The van der Waals surface area contributed by atoms with Gasteiger partial charge in [-0.2, -0.15) is 0 Å². The van der Waals surface area contributed by atoms with Gasteiger partial charge >= 0.3 is 0 Å². The van der Waals surface area contributed by atoms with E-state index in [4.69, 9.17) is 4.74 Å². The predicted molar refractivity (Wildman–Crippen MR) is 84.2 cm³/mol. The number of aryl methyl sites for hydroxylation is 2. The van der Waals surface area contributed by atoms with Crippen LogP contribution in [-0.4, -0.2) is 12.5 Å². The third-order valence-corrected chi connectivity index (χ3v) is 3.60. The minimum Gasteiger partial charge on any atom is -0.483 e. The van der Waals surface area contributed by atoms with Crippen molar-refractivity contribution in [1.29, 1.82) is 0 Å². The number of carbonyl (C=O) groups is 1. The largest absolute Gasteiger partial charge is 0.483 e. The molecule has 0 saturated heterocycles. The maximum Gasteiger partial charge on any atom is 0.262 e. The van der Waals surface area contributed by atoms with Crippen LogP contribution in [0, 0.1) is 13.8 Å². The van der Waals surface area contributed by atoms with E-state index in [-0.39, 0.29) is 12.5 Å². The van der Waals surface area contributed by atoms with Gasteiger partial charge in [-0.1, -0.05) is 30.3 Å². The monoisotopic (exact) mass is 333 g/mol. The Morgan fingerprint density at radius 1 is 1.10 bits per heavy atom. The number of hydrogen-bond acceptors (Lipinski definition) is 2. The van der Waals surface area contributed by atoms with Gasteiger partial charge in [0.1, 0.15) is 5.75 Å². The standard InChI is InChI=1S/C16H16BrNO2/c1-11-6-5-7-12(2)16(11)18-15(19)10-20-14-9-4-3-8-13(14)17/h3-9H,10H2,1-2H3,(H,18,19). The summed E-state index contributed by atoms with van der Waals surface area (Å²) < 4.78 is 6.32. The van der Waals surface area contributed by atoms with Crippen LogP contribution >= 0.6 is 15.9 Å². The highest BCUT2D eigenvalue weighted by molar-refractivity contribution is 9.10. The summed E-state index contributed by atoms with van der Waals surface area (Å²) in [6.45, 7) is 3.92. The van der Waals surface area contributed by atoms with E-state index in [1.807, 2.05) is 56.3 Å². The van der Waals surface area contributed by atoms with E-state index in [1.54, 1.807) is 0 Å². The third kappa shape index (κ3) is 3.61. The fraction of sp³-hybridized carbons (Fsp3) is 0.188. The van der Waals surface area contributed by atoms with E-state index in [0.717, 1.165) is 21.3 Å². The van der Waals surface area contributed by atoms with Gasteiger partial charge in [-0.15, -0.1) is 0 Å². The quantitative estimate of drug-likeness (QED) is 0.915. The molecule has 0 atom stereocenters. The van der Waals surface area contributed by atoms with Gasteiger partial charge < -0.3 is 10.1 Å². The van der Waals surface area contributed by atoms with Crippen molar-refractivity contribution >= 4 is 27.5 Å². The number of nitrogens with one attached hydrogen (secondary N) is 1. The van der Waals surface area contributed by atoms with E-state index in [2.05, 4.69) is 21.2 Å². The van der Waals surface area contributed by atoms with Gasteiger partial charge in [0.05, 0.1) is 4.47 Å². The molecule has 1 amide bonds. The second kappa shape index (κ2) is 6.57. The number of benzene rings is 2. The van der Waals surface area contributed by atoms with E-state index in [9.17, 15) is 4.79 Å². The Balaban J connectivity index is 1.98. The summed E-state index contributed by atoms with van der Waals surface area (Å²) >= 11 is 3.38. The van der Waals surface area contributed by atoms with Gasteiger partial charge in [-0.05, 0) is 53.0 Å². The van der Waals surface area contributed by atoms with Crippen molar-refractivity contribution in [3.63, 3.8) is 0 Å². The third-order valence-electron chi connectivity index (χ3n) is 2.94. The average molecular weight is 334 g/mol. The topological polar surface area (TPSA) is 38.3 Å². The minimum atomic E-state index is -0.168. The highest BCUT2D eigenvalue weighted by Gasteiger charge is 2.08. The van der Waals surface area contributed by atoms with Crippen LogP contribution in [0.2, 0.25) is 0 Å². The second-order valence-electron chi connectivity index (χ2n) is 4.53. The summed E-state index contributed by atoms with van der Waals surface area (Å²) in [4.78, 5) is 12.0. The maximum atomic E-state index is 12.0. The molecular formula is C16H16BrNO2. The van der Waals surface area contributed by atoms with Crippen molar-refractivity contribution in [3.05, 3.63) is 58.1 Å². The number of anilines is 1. The highest BCUT2D eigenvalue weighted by atomic mass is 79.9. The molecule has 1 N–H and O–H groups in total. The number of hydrogen-bond donors (Lipinski definition) is 1. The Labute approximate surface area is 127 Å². The Morgan fingerprint density at radius 3 is 2.40 bits per heavy atom. The fourth-order valence-corrected chi connectivity index (χ4v) is 2.29. The fourth-order valence-electron chi connectivity index (χ4n) is 1.89. The first-order valence-electron chi connectivity index (χ1n) is 6.31. The van der Waals surface area contributed by atoms with Crippen molar-refractivity contribution in [2.75, 3.05) is 11.9 Å². The number of amides is 1. The summed E-state index contributed by atoms with van der Waals surface area (Å²) in [6.07, 6.45) is 0. The van der Waals surface area contributed by atoms with Crippen LogP contribution in [0.3, 0.4) is 0 Å². The summed E-state index contributed by atoms with van der Waals surface area (Å²) in [5.41, 5.74) is 2.94. The molecule has 4 heteroatoms. The van der Waals surface area contributed by atoms with Crippen LogP contribution in [0.4, 0.5) is 5.69 Å². The van der Waals surface area contributed by atoms with Crippen molar-refractivity contribution in [2.45, 2.75) is 13.8 Å². The van der Waals surface area contributed by atoms with Crippen LogP contribution in [0.15, 0.2) is 46.9 Å². The molecule has 0 aromatic heterocycles. The first-order chi connectivity index (χ1) is 9.58. The number of para-hydroxylation sites is 2. The number of halogens is 1. The molecule has 20 heavy (non-hydrogen) atoms. The Morgan fingerprint density at radius 2 is 1.75 bits per heavy atom. The zero-order chi connectivity index (χ0) is 14.5. The van der Waals surface area contributed by atoms with Crippen LogP contribution in [0.1, 0.15) is 11.1 Å². The molecule has 0 aliphatic carbocycles. The molecule has 0 aliphatic rings. The second-order valence-corrected chi connectivity index (χ2v) is 5.39. The molecule has 0 fully saturated rings. The van der Waals surface area contributed by atoms with Crippen molar-refractivity contribution < 1.29 is 9.53 Å². The summed E-state index contributed by atoms with van der Waals surface area (Å²) in [5.74, 6) is 0.488. The molecule has 0 unspecified atom stereocenters. The van der Waals surface area contributed by atoms with Crippen LogP contribution in [0.25, 0.3) is 0 Å². The normalized spacial score (nSPS) is 10.2. The average Bonchev–Trinajstić information content (AvgIpc) is 2.42. The molecule has 0 radical (unpaired) electrons. The lowest BCUT2D eigenvalue weighted by molar-refractivity contribution is -0.118. The van der Waals surface area contributed by atoms with Gasteiger partial charge in [0.25, 0.3) is 5.91 Å². The summed E-state index contributed by atoms with van der Waals surface area (Å²) in [7, 11) is 0. The zero-order valence-corrected chi connectivity index (χ0v) is 13.0. The number of carbonyl (C=O) groups excluding carboxylic acids is 1. The van der Waals surface area contributed by atoms with Gasteiger partial charge in [-0.25, -0.2) is 0 Å². The van der Waals surface area contributed by atoms with Crippen molar-refractivity contribution in [3.8, 4) is 5.75 Å². The van der Waals surface area contributed by atoms with Crippen LogP contribution in [0.5, 0.6) is 5.75 Å². The molecule has 104 valence electrons. The molecule has 0 aliphatic heterocycles. The first-order valence-corrected chi connectivity index (χ1v) is 7.10. The zero-order valence-electron chi connectivity index (χ0n) is 11.4. The smallest absolute Gasteiger partial charge is 0.262 e.